The van der Waals surface area contributed by atoms with E-state index in [1.54, 1.807) is 26.4 Å². The van der Waals surface area contributed by atoms with Crippen molar-refractivity contribution in [1.29, 1.82) is 0 Å². The second kappa shape index (κ2) is 10.7. The van der Waals surface area contributed by atoms with E-state index in [1.807, 2.05) is 12.1 Å². The highest BCUT2D eigenvalue weighted by Crippen LogP contribution is 2.29. The van der Waals surface area contributed by atoms with E-state index in [1.165, 1.54) is 11.8 Å². The summed E-state index contributed by atoms with van der Waals surface area (Å²) in [5.41, 5.74) is 1.57. The van der Waals surface area contributed by atoms with Crippen molar-refractivity contribution in [3.05, 3.63) is 52.6 Å². The van der Waals surface area contributed by atoms with Crippen molar-refractivity contribution in [3.63, 3.8) is 0 Å². The Morgan fingerprint density at radius 1 is 1.13 bits per heavy atom. The molecular weight excluding hydrogens is 386 g/mol. The van der Waals surface area contributed by atoms with Gasteiger partial charge in [-0.15, -0.1) is 0 Å². The lowest BCUT2D eigenvalue weighted by Crippen LogP contribution is -2.35. The molecule has 0 saturated carbocycles. The van der Waals surface area contributed by atoms with Gasteiger partial charge in [-0.2, -0.15) is 4.91 Å². The minimum absolute atomic E-state index is 0.342. The summed E-state index contributed by atoms with van der Waals surface area (Å²) in [6, 6.07) is 9.31. The van der Waals surface area contributed by atoms with Crippen LogP contribution in [0.15, 0.2) is 41.7 Å². The second-order valence-corrected chi connectivity index (χ2v) is 7.32. The summed E-state index contributed by atoms with van der Waals surface area (Å²) in [6.45, 7) is 3.11. The Bertz CT molecular complexity index is 848. The molecule has 1 fully saturated rings. The minimum atomic E-state index is -0.371. The maximum Gasteiger partial charge on any atom is 0.213 e. The van der Waals surface area contributed by atoms with Gasteiger partial charge >= 0.3 is 0 Å². The summed E-state index contributed by atoms with van der Waals surface area (Å²) in [4.78, 5) is 28.4. The van der Waals surface area contributed by atoms with Crippen LogP contribution in [0.5, 0.6) is 17.4 Å². The number of Topliss-reactive ketones (excluding diaryl/α,β-unsaturated/α-hetero) is 1. The van der Waals surface area contributed by atoms with Crippen LogP contribution in [0, 0.1) is 10.8 Å². The molecule has 8 heteroatoms. The number of hydrogen-bond donors (Lipinski definition) is 0. The van der Waals surface area contributed by atoms with Crippen molar-refractivity contribution in [2.75, 3.05) is 40.5 Å². The molecule has 1 saturated heterocycles. The first-order valence-electron chi connectivity index (χ1n) is 9.97. The third kappa shape index (κ3) is 5.76. The van der Waals surface area contributed by atoms with Gasteiger partial charge in [0.2, 0.25) is 5.88 Å². The average Bonchev–Trinajstić information content (AvgIpc) is 2.79. The van der Waals surface area contributed by atoms with Gasteiger partial charge in [0.25, 0.3) is 0 Å². The summed E-state index contributed by atoms with van der Waals surface area (Å²) in [5.74, 6) is 2.10. The molecule has 3 rings (SSSR count). The Balaban J connectivity index is 1.43. The standard InChI is InChI=1S/C22H27N3O5/c1-28-20-5-3-17(11-21(20)29-2)14-25-9-7-16(8-10-25)15-30-22-6-4-18(12-23-22)19(26)13-24-27/h3-6,11-12,16H,7-10,13-15H2,1-2H3. The van der Waals surface area contributed by atoms with Crippen molar-refractivity contribution in [2.45, 2.75) is 19.4 Å². The molecule has 1 aromatic heterocycles. The van der Waals surface area contributed by atoms with E-state index in [0.717, 1.165) is 44.0 Å². The Morgan fingerprint density at radius 2 is 1.90 bits per heavy atom. The van der Waals surface area contributed by atoms with Crippen LogP contribution in [0.1, 0.15) is 28.8 Å². The van der Waals surface area contributed by atoms with E-state index in [0.29, 0.717) is 24.0 Å². The molecule has 0 aliphatic carbocycles. The third-order valence-electron chi connectivity index (χ3n) is 5.29. The smallest absolute Gasteiger partial charge is 0.213 e. The first kappa shape index (κ1) is 21.7. The van der Waals surface area contributed by atoms with Gasteiger partial charge in [0.15, 0.2) is 17.3 Å². The number of hydrogen-bond acceptors (Lipinski definition) is 8. The molecular formula is C22H27N3O5. The zero-order chi connectivity index (χ0) is 21.3. The van der Waals surface area contributed by atoms with Crippen LogP contribution in [0.2, 0.25) is 0 Å². The largest absolute Gasteiger partial charge is 0.493 e. The normalized spacial score (nSPS) is 14.9. The SMILES string of the molecule is COc1ccc(CN2CCC(COc3ccc(C(=O)CN=O)cn3)CC2)cc1OC. The summed E-state index contributed by atoms with van der Waals surface area (Å²) >= 11 is 0. The van der Waals surface area contributed by atoms with Crippen molar-refractivity contribution >= 4 is 5.78 Å². The highest BCUT2D eigenvalue weighted by molar-refractivity contribution is 5.97. The molecule has 2 aromatic rings. The van der Waals surface area contributed by atoms with Gasteiger partial charge < -0.3 is 14.2 Å². The average molecular weight is 413 g/mol. The van der Waals surface area contributed by atoms with Crippen LogP contribution in [0.25, 0.3) is 0 Å². The topological polar surface area (TPSA) is 90.3 Å². The highest BCUT2D eigenvalue weighted by atomic mass is 16.5. The van der Waals surface area contributed by atoms with Gasteiger partial charge in [-0.05, 0) is 55.6 Å². The number of ether oxygens (including phenoxy) is 3. The van der Waals surface area contributed by atoms with Crippen molar-refractivity contribution < 1.29 is 19.0 Å². The van der Waals surface area contributed by atoms with Gasteiger partial charge in [0, 0.05) is 24.4 Å². The zero-order valence-electron chi connectivity index (χ0n) is 17.4. The molecule has 2 heterocycles. The van der Waals surface area contributed by atoms with E-state index in [9.17, 15) is 9.70 Å². The van der Waals surface area contributed by atoms with E-state index in [-0.39, 0.29) is 12.3 Å². The van der Waals surface area contributed by atoms with Gasteiger partial charge in [-0.3, -0.25) is 9.69 Å². The highest BCUT2D eigenvalue weighted by Gasteiger charge is 2.20. The van der Waals surface area contributed by atoms with E-state index >= 15 is 0 Å². The number of rotatable bonds is 10. The number of ketones is 1. The molecule has 8 nitrogen and oxygen atoms in total. The van der Waals surface area contributed by atoms with E-state index < -0.39 is 0 Å². The van der Waals surface area contributed by atoms with Gasteiger partial charge in [-0.1, -0.05) is 11.2 Å². The number of carbonyl (C=O) groups is 1. The van der Waals surface area contributed by atoms with Crippen LogP contribution in [-0.4, -0.2) is 56.1 Å². The van der Waals surface area contributed by atoms with Crippen molar-refractivity contribution in [1.82, 2.24) is 9.88 Å². The zero-order valence-corrected chi connectivity index (χ0v) is 17.4. The fourth-order valence-electron chi connectivity index (χ4n) is 3.53. The maximum absolute atomic E-state index is 11.6. The van der Waals surface area contributed by atoms with Gasteiger partial charge in [0.05, 0.1) is 20.8 Å². The molecule has 0 radical (unpaired) electrons. The number of carbonyl (C=O) groups excluding carboxylic acids is 1. The second-order valence-electron chi connectivity index (χ2n) is 7.32. The van der Waals surface area contributed by atoms with E-state index in [4.69, 9.17) is 14.2 Å². The quantitative estimate of drug-likeness (QED) is 0.436. The van der Waals surface area contributed by atoms with Crippen LogP contribution in [-0.2, 0) is 6.54 Å². The van der Waals surface area contributed by atoms with Crippen LogP contribution < -0.4 is 14.2 Å². The predicted molar refractivity (Wildman–Crippen MR) is 112 cm³/mol. The Labute approximate surface area is 176 Å². The maximum atomic E-state index is 11.6. The van der Waals surface area contributed by atoms with Crippen molar-refractivity contribution in [3.8, 4) is 17.4 Å². The third-order valence-corrected chi connectivity index (χ3v) is 5.29. The number of nitrogens with zero attached hydrogens (tertiary/aromatic N) is 3. The lowest BCUT2D eigenvalue weighted by molar-refractivity contribution is 0.100. The first-order chi connectivity index (χ1) is 14.6. The summed E-state index contributed by atoms with van der Waals surface area (Å²) < 4.78 is 16.5. The van der Waals surface area contributed by atoms with Gasteiger partial charge in [-0.25, -0.2) is 4.98 Å². The molecule has 160 valence electrons. The summed E-state index contributed by atoms with van der Waals surface area (Å²) in [5, 5.41) is 2.61. The lowest BCUT2D eigenvalue weighted by Gasteiger charge is -2.31. The molecule has 30 heavy (non-hydrogen) atoms. The van der Waals surface area contributed by atoms with Crippen molar-refractivity contribution in [2.24, 2.45) is 11.1 Å². The molecule has 0 atom stereocenters. The number of pyridine rings is 1. The molecule has 1 aliphatic rings. The monoisotopic (exact) mass is 413 g/mol. The van der Waals surface area contributed by atoms with Crippen LogP contribution >= 0.6 is 0 Å². The van der Waals surface area contributed by atoms with Gasteiger partial charge in [0.1, 0.15) is 6.54 Å². The minimum Gasteiger partial charge on any atom is -0.493 e. The summed E-state index contributed by atoms with van der Waals surface area (Å²) in [6.07, 6.45) is 3.53. The van der Waals surface area contributed by atoms with E-state index in [2.05, 4.69) is 21.1 Å². The molecule has 1 aliphatic heterocycles. The first-order valence-corrected chi connectivity index (χ1v) is 9.97. The number of nitroso groups, excluding NO2 is 1. The predicted octanol–water partition coefficient (Wildman–Crippen LogP) is 3.34. The number of likely N-dealkylation sites (tertiary alicyclic amines) is 1. The Kier molecular flexibility index (Phi) is 7.73. The number of benzene rings is 1. The molecule has 0 amide bonds. The molecule has 0 bridgehead atoms. The van der Waals surface area contributed by atoms with Crippen LogP contribution in [0.3, 0.4) is 0 Å². The number of aromatic nitrogens is 1. The molecule has 0 unspecified atom stereocenters. The number of methoxy groups -OCH3 is 2. The lowest BCUT2D eigenvalue weighted by atomic mass is 9.97. The Hall–Kier alpha value is -3.00. The molecule has 0 N–H and O–H groups in total. The van der Waals surface area contributed by atoms with Crippen LogP contribution in [0.4, 0.5) is 0 Å². The summed E-state index contributed by atoms with van der Waals surface area (Å²) in [7, 11) is 3.29. The fraction of sp³-hybridized carbons (Fsp3) is 0.455. The number of piperidine rings is 1. The Morgan fingerprint density at radius 3 is 2.53 bits per heavy atom. The molecule has 0 spiro atoms. The fourth-order valence-corrected chi connectivity index (χ4v) is 3.53. The molecule has 1 aromatic carbocycles.